The molecule has 0 radical (unpaired) electrons. The molecule has 2 aromatic carbocycles. The topological polar surface area (TPSA) is 20.2 Å². The molecule has 1 atom stereocenters. The van der Waals surface area contributed by atoms with Crippen molar-refractivity contribution in [2.24, 2.45) is 0 Å². The molecule has 19 heavy (non-hydrogen) atoms. The van der Waals surface area contributed by atoms with Crippen LogP contribution in [0.3, 0.4) is 0 Å². The van der Waals surface area contributed by atoms with E-state index < -0.39 is 6.10 Å². The van der Waals surface area contributed by atoms with E-state index in [-0.39, 0.29) is 0 Å². The molecule has 0 bridgehead atoms. The van der Waals surface area contributed by atoms with E-state index in [0.29, 0.717) is 11.4 Å². The van der Waals surface area contributed by atoms with Crippen LogP contribution in [0.5, 0.6) is 0 Å². The van der Waals surface area contributed by atoms with Crippen LogP contribution in [-0.4, -0.2) is 5.11 Å². The smallest absolute Gasteiger partial charge is 0.0841 e. The Hall–Kier alpha value is -0.830. The Morgan fingerprint density at radius 2 is 1.84 bits per heavy atom. The van der Waals surface area contributed by atoms with Crippen LogP contribution in [0.15, 0.2) is 40.9 Å². The van der Waals surface area contributed by atoms with Gasteiger partial charge in [0.15, 0.2) is 0 Å². The van der Waals surface area contributed by atoms with Crippen molar-refractivity contribution in [3.8, 4) is 0 Å². The van der Waals surface area contributed by atoms with E-state index in [1.54, 1.807) is 12.1 Å². The molecule has 2 aromatic rings. The van der Waals surface area contributed by atoms with E-state index in [0.717, 1.165) is 15.6 Å². The first-order valence-electron chi connectivity index (χ1n) is 6.16. The van der Waals surface area contributed by atoms with Gasteiger partial charge in [0.1, 0.15) is 0 Å². The quantitative estimate of drug-likeness (QED) is 0.834. The predicted molar refractivity (Wildman–Crippen MR) is 83.7 cm³/mol. The van der Waals surface area contributed by atoms with Gasteiger partial charge in [-0.1, -0.05) is 51.8 Å². The second-order valence-corrected chi connectivity index (χ2v) is 6.10. The fourth-order valence-electron chi connectivity index (χ4n) is 2.04. The molecule has 0 aromatic heterocycles. The third-order valence-corrected chi connectivity index (χ3v) is 4.24. The molecule has 0 saturated heterocycles. The minimum atomic E-state index is -0.534. The van der Waals surface area contributed by atoms with Crippen LogP contribution in [0.2, 0.25) is 5.02 Å². The van der Waals surface area contributed by atoms with Crippen molar-refractivity contribution in [2.75, 3.05) is 0 Å². The van der Waals surface area contributed by atoms with Crippen LogP contribution in [0.1, 0.15) is 28.4 Å². The molecule has 3 heteroatoms. The van der Waals surface area contributed by atoms with E-state index in [1.165, 1.54) is 11.1 Å². The lowest BCUT2D eigenvalue weighted by Gasteiger charge is -2.14. The number of rotatable bonds is 3. The SMILES string of the molecule is Cc1ccc(CC(O)c2ccc(Cl)cc2Br)cc1C. The van der Waals surface area contributed by atoms with Gasteiger partial charge in [-0.2, -0.15) is 0 Å². The summed E-state index contributed by atoms with van der Waals surface area (Å²) in [6, 6.07) is 11.7. The summed E-state index contributed by atoms with van der Waals surface area (Å²) in [4.78, 5) is 0. The van der Waals surface area contributed by atoms with Gasteiger partial charge in [-0.3, -0.25) is 0 Å². The van der Waals surface area contributed by atoms with E-state index in [9.17, 15) is 5.11 Å². The Kier molecular flexibility index (Phi) is 4.67. The van der Waals surface area contributed by atoms with Crippen molar-refractivity contribution in [1.29, 1.82) is 0 Å². The number of aliphatic hydroxyl groups is 1. The summed E-state index contributed by atoms with van der Waals surface area (Å²) >= 11 is 9.35. The van der Waals surface area contributed by atoms with E-state index in [1.807, 2.05) is 6.07 Å². The fraction of sp³-hybridized carbons (Fsp3) is 0.250. The Balaban J connectivity index is 2.20. The van der Waals surface area contributed by atoms with Crippen molar-refractivity contribution >= 4 is 27.5 Å². The molecule has 0 aliphatic carbocycles. The minimum Gasteiger partial charge on any atom is -0.388 e. The minimum absolute atomic E-state index is 0.534. The lowest BCUT2D eigenvalue weighted by molar-refractivity contribution is 0.177. The van der Waals surface area contributed by atoms with Crippen LogP contribution in [0.4, 0.5) is 0 Å². The zero-order valence-corrected chi connectivity index (χ0v) is 13.3. The van der Waals surface area contributed by atoms with Crippen LogP contribution in [-0.2, 0) is 6.42 Å². The van der Waals surface area contributed by atoms with Gasteiger partial charge < -0.3 is 5.11 Å². The maximum Gasteiger partial charge on any atom is 0.0841 e. The van der Waals surface area contributed by atoms with E-state index in [4.69, 9.17) is 11.6 Å². The number of benzene rings is 2. The first-order valence-corrected chi connectivity index (χ1v) is 7.33. The summed E-state index contributed by atoms with van der Waals surface area (Å²) in [6.45, 7) is 4.18. The summed E-state index contributed by atoms with van der Waals surface area (Å²) in [5.74, 6) is 0. The molecule has 2 rings (SSSR count). The van der Waals surface area contributed by atoms with Gasteiger partial charge in [0, 0.05) is 15.9 Å². The van der Waals surface area contributed by atoms with Crippen molar-refractivity contribution < 1.29 is 5.11 Å². The van der Waals surface area contributed by atoms with Crippen molar-refractivity contribution in [1.82, 2.24) is 0 Å². The molecule has 0 aliphatic heterocycles. The normalized spacial score (nSPS) is 12.5. The fourth-order valence-corrected chi connectivity index (χ4v) is 2.98. The summed E-state index contributed by atoms with van der Waals surface area (Å²) < 4.78 is 0.844. The highest BCUT2D eigenvalue weighted by Crippen LogP contribution is 2.29. The molecule has 0 fully saturated rings. The largest absolute Gasteiger partial charge is 0.388 e. The lowest BCUT2D eigenvalue weighted by atomic mass is 9.98. The highest BCUT2D eigenvalue weighted by molar-refractivity contribution is 9.10. The summed E-state index contributed by atoms with van der Waals surface area (Å²) in [7, 11) is 0. The number of halogens is 2. The van der Waals surface area contributed by atoms with Crippen molar-refractivity contribution in [2.45, 2.75) is 26.4 Å². The third-order valence-electron chi connectivity index (χ3n) is 3.32. The zero-order chi connectivity index (χ0) is 14.0. The number of aryl methyl sites for hydroxylation is 2. The summed E-state index contributed by atoms with van der Waals surface area (Å²) in [5.41, 5.74) is 4.52. The van der Waals surface area contributed by atoms with Gasteiger partial charge >= 0.3 is 0 Å². The molecule has 0 heterocycles. The Bertz CT molecular complexity index is 595. The van der Waals surface area contributed by atoms with Gasteiger partial charge in [-0.05, 0) is 48.2 Å². The first kappa shape index (κ1) is 14.6. The Labute approximate surface area is 127 Å². The van der Waals surface area contributed by atoms with Gasteiger partial charge in [0.05, 0.1) is 6.10 Å². The first-order chi connectivity index (χ1) is 8.97. The molecule has 0 saturated carbocycles. The molecular formula is C16H16BrClO. The molecule has 0 amide bonds. The Morgan fingerprint density at radius 1 is 1.11 bits per heavy atom. The zero-order valence-electron chi connectivity index (χ0n) is 11.0. The predicted octanol–water partition coefficient (Wildman–Crippen LogP) is 5.00. The molecule has 1 unspecified atom stereocenters. The maximum atomic E-state index is 10.3. The van der Waals surface area contributed by atoms with Crippen LogP contribution < -0.4 is 0 Å². The van der Waals surface area contributed by atoms with Crippen LogP contribution in [0, 0.1) is 13.8 Å². The highest BCUT2D eigenvalue weighted by Gasteiger charge is 2.12. The average molecular weight is 340 g/mol. The third kappa shape index (κ3) is 3.59. The van der Waals surface area contributed by atoms with Crippen molar-refractivity contribution in [3.63, 3.8) is 0 Å². The molecular weight excluding hydrogens is 324 g/mol. The molecule has 100 valence electrons. The molecule has 0 spiro atoms. The van der Waals surface area contributed by atoms with Crippen molar-refractivity contribution in [3.05, 3.63) is 68.1 Å². The summed E-state index contributed by atoms with van der Waals surface area (Å²) in [5, 5.41) is 11.0. The van der Waals surface area contributed by atoms with Gasteiger partial charge in [0.2, 0.25) is 0 Å². The molecule has 1 nitrogen and oxygen atoms in total. The van der Waals surface area contributed by atoms with Gasteiger partial charge in [-0.15, -0.1) is 0 Å². The molecule has 0 aliphatic rings. The van der Waals surface area contributed by atoms with E-state index >= 15 is 0 Å². The lowest BCUT2D eigenvalue weighted by Crippen LogP contribution is -2.03. The second kappa shape index (κ2) is 6.08. The Morgan fingerprint density at radius 3 is 2.47 bits per heavy atom. The van der Waals surface area contributed by atoms with Gasteiger partial charge in [-0.25, -0.2) is 0 Å². The average Bonchev–Trinajstić information content (AvgIpc) is 2.33. The monoisotopic (exact) mass is 338 g/mol. The van der Waals surface area contributed by atoms with E-state index in [2.05, 4.69) is 48.0 Å². The second-order valence-electron chi connectivity index (χ2n) is 4.80. The number of hydrogen-bond donors (Lipinski definition) is 1. The number of aliphatic hydroxyl groups excluding tert-OH is 1. The number of hydrogen-bond acceptors (Lipinski definition) is 1. The highest BCUT2D eigenvalue weighted by atomic mass is 79.9. The van der Waals surface area contributed by atoms with Gasteiger partial charge in [0.25, 0.3) is 0 Å². The van der Waals surface area contributed by atoms with Crippen LogP contribution in [0.25, 0.3) is 0 Å². The maximum absolute atomic E-state index is 10.3. The summed E-state index contributed by atoms with van der Waals surface area (Å²) in [6.07, 6.45) is 0.0650. The standard InChI is InChI=1S/C16H16BrClO/c1-10-3-4-12(7-11(10)2)8-16(19)14-6-5-13(18)9-15(14)17/h3-7,9,16,19H,8H2,1-2H3. The van der Waals surface area contributed by atoms with Crippen LogP contribution >= 0.6 is 27.5 Å². The molecule has 1 N–H and O–H groups in total.